The Kier molecular flexibility index (Phi) is 6.85. The first-order valence-electron chi connectivity index (χ1n) is 6.50. The Morgan fingerprint density at radius 1 is 1.39 bits per heavy atom. The number of ether oxygens (including phenoxy) is 1. The molecule has 0 amide bonds. The van der Waals surface area contributed by atoms with E-state index in [2.05, 4.69) is 28.9 Å². The third kappa shape index (κ3) is 4.72. The molecular formula is C12H24N4O2. The van der Waals surface area contributed by atoms with Gasteiger partial charge >= 0.3 is 0 Å². The molecular weight excluding hydrogens is 232 g/mol. The zero-order valence-corrected chi connectivity index (χ0v) is 11.6. The van der Waals surface area contributed by atoms with Gasteiger partial charge in [0.15, 0.2) is 5.82 Å². The number of nitrogens with two attached hydrogens (primary N) is 1. The molecule has 2 N–H and O–H groups in total. The molecule has 1 heterocycles. The van der Waals surface area contributed by atoms with Crippen LogP contribution in [0, 0.1) is 0 Å². The fourth-order valence-electron chi connectivity index (χ4n) is 1.73. The van der Waals surface area contributed by atoms with Crippen molar-refractivity contribution in [3.8, 4) is 0 Å². The van der Waals surface area contributed by atoms with Gasteiger partial charge in [0.25, 0.3) is 0 Å². The van der Waals surface area contributed by atoms with Gasteiger partial charge in [0.2, 0.25) is 5.89 Å². The minimum atomic E-state index is -0.190. The van der Waals surface area contributed by atoms with E-state index in [4.69, 9.17) is 15.0 Å². The topological polar surface area (TPSA) is 77.4 Å². The number of aromatic nitrogens is 2. The first kappa shape index (κ1) is 15.1. The Bertz CT molecular complexity index is 326. The van der Waals surface area contributed by atoms with Gasteiger partial charge in [-0.2, -0.15) is 4.98 Å². The number of hydrogen-bond acceptors (Lipinski definition) is 6. The SMILES string of the molecule is CCN(CC)CC(N)c1noc(CCCOC)n1. The van der Waals surface area contributed by atoms with Crippen LogP contribution in [0.2, 0.25) is 0 Å². The predicted molar refractivity (Wildman–Crippen MR) is 69.2 cm³/mol. The summed E-state index contributed by atoms with van der Waals surface area (Å²) in [5.41, 5.74) is 6.06. The number of likely N-dealkylation sites (N-methyl/N-ethyl adjacent to an activating group) is 1. The summed E-state index contributed by atoms with van der Waals surface area (Å²) in [7, 11) is 1.68. The molecule has 0 spiro atoms. The standard InChI is InChI=1S/C12H24N4O2/c1-4-16(5-2)9-10(13)12-14-11(18-15-12)7-6-8-17-3/h10H,4-9,13H2,1-3H3. The van der Waals surface area contributed by atoms with E-state index in [1.165, 1.54) is 0 Å². The first-order valence-corrected chi connectivity index (χ1v) is 6.50. The lowest BCUT2D eigenvalue weighted by Gasteiger charge is -2.20. The summed E-state index contributed by atoms with van der Waals surface area (Å²) < 4.78 is 10.1. The lowest BCUT2D eigenvalue weighted by atomic mass is 10.2. The molecule has 0 saturated carbocycles. The molecule has 0 aliphatic rings. The van der Waals surface area contributed by atoms with Crippen LogP contribution in [0.5, 0.6) is 0 Å². The molecule has 0 saturated heterocycles. The second-order valence-electron chi connectivity index (χ2n) is 4.24. The number of nitrogens with zero attached hydrogens (tertiary/aromatic N) is 3. The van der Waals surface area contributed by atoms with E-state index in [0.29, 0.717) is 18.3 Å². The Morgan fingerprint density at radius 2 is 2.11 bits per heavy atom. The highest BCUT2D eigenvalue weighted by Gasteiger charge is 2.16. The van der Waals surface area contributed by atoms with Gasteiger partial charge in [0.05, 0.1) is 6.04 Å². The normalized spacial score (nSPS) is 13.2. The van der Waals surface area contributed by atoms with Gasteiger partial charge in [-0.05, 0) is 19.5 Å². The third-order valence-corrected chi connectivity index (χ3v) is 2.90. The van der Waals surface area contributed by atoms with Crippen LogP contribution in [0.15, 0.2) is 4.52 Å². The number of rotatable bonds is 9. The fourth-order valence-corrected chi connectivity index (χ4v) is 1.73. The van der Waals surface area contributed by atoms with Gasteiger partial charge < -0.3 is 19.9 Å². The minimum absolute atomic E-state index is 0.190. The largest absolute Gasteiger partial charge is 0.385 e. The summed E-state index contributed by atoms with van der Waals surface area (Å²) in [6.07, 6.45) is 1.61. The number of aryl methyl sites for hydroxylation is 1. The van der Waals surface area contributed by atoms with Gasteiger partial charge in [-0.1, -0.05) is 19.0 Å². The molecule has 0 bridgehead atoms. The van der Waals surface area contributed by atoms with E-state index in [1.54, 1.807) is 7.11 Å². The van der Waals surface area contributed by atoms with E-state index >= 15 is 0 Å². The van der Waals surface area contributed by atoms with Crippen LogP contribution in [0.1, 0.15) is 38.0 Å². The maximum Gasteiger partial charge on any atom is 0.226 e. The molecule has 1 aromatic heterocycles. The quantitative estimate of drug-likeness (QED) is 0.664. The van der Waals surface area contributed by atoms with Crippen LogP contribution in [0.25, 0.3) is 0 Å². The van der Waals surface area contributed by atoms with Crippen molar-refractivity contribution in [2.24, 2.45) is 5.73 Å². The van der Waals surface area contributed by atoms with Gasteiger partial charge in [-0.25, -0.2) is 0 Å². The molecule has 0 fully saturated rings. The van der Waals surface area contributed by atoms with Crippen LogP contribution in [0.3, 0.4) is 0 Å². The van der Waals surface area contributed by atoms with Crippen LogP contribution >= 0.6 is 0 Å². The molecule has 0 aromatic carbocycles. The summed E-state index contributed by atoms with van der Waals surface area (Å²) in [5, 5.41) is 3.94. The highest BCUT2D eigenvalue weighted by atomic mass is 16.5. The van der Waals surface area contributed by atoms with Crippen LogP contribution in [-0.2, 0) is 11.2 Å². The average Bonchev–Trinajstić information content (AvgIpc) is 2.85. The molecule has 1 rings (SSSR count). The van der Waals surface area contributed by atoms with E-state index in [0.717, 1.165) is 32.5 Å². The van der Waals surface area contributed by atoms with E-state index in [1.807, 2.05) is 0 Å². The van der Waals surface area contributed by atoms with Gasteiger partial charge in [0, 0.05) is 26.7 Å². The van der Waals surface area contributed by atoms with Gasteiger partial charge in [0.1, 0.15) is 0 Å². The monoisotopic (exact) mass is 256 g/mol. The molecule has 6 heteroatoms. The van der Waals surface area contributed by atoms with Crippen LogP contribution in [-0.4, -0.2) is 48.4 Å². The molecule has 6 nitrogen and oxygen atoms in total. The molecule has 1 atom stereocenters. The smallest absolute Gasteiger partial charge is 0.226 e. The van der Waals surface area contributed by atoms with Crippen molar-refractivity contribution in [1.29, 1.82) is 0 Å². The summed E-state index contributed by atoms with van der Waals surface area (Å²) in [6.45, 7) is 7.63. The van der Waals surface area contributed by atoms with Crippen molar-refractivity contribution in [3.05, 3.63) is 11.7 Å². The maximum atomic E-state index is 6.06. The number of hydrogen-bond donors (Lipinski definition) is 1. The maximum absolute atomic E-state index is 6.06. The lowest BCUT2D eigenvalue weighted by Crippen LogP contribution is -2.32. The predicted octanol–water partition coefficient (Wildman–Crippen LogP) is 0.990. The van der Waals surface area contributed by atoms with E-state index in [-0.39, 0.29) is 6.04 Å². The zero-order valence-electron chi connectivity index (χ0n) is 11.6. The van der Waals surface area contributed by atoms with Crippen molar-refractivity contribution >= 4 is 0 Å². The Balaban J connectivity index is 2.45. The minimum Gasteiger partial charge on any atom is -0.385 e. The Labute approximate surface area is 108 Å². The Hall–Kier alpha value is -0.980. The molecule has 104 valence electrons. The van der Waals surface area contributed by atoms with Crippen molar-refractivity contribution in [3.63, 3.8) is 0 Å². The van der Waals surface area contributed by atoms with Gasteiger partial charge in [-0.3, -0.25) is 0 Å². The summed E-state index contributed by atoms with van der Waals surface area (Å²) in [5.74, 6) is 1.23. The fraction of sp³-hybridized carbons (Fsp3) is 0.833. The second-order valence-corrected chi connectivity index (χ2v) is 4.24. The molecule has 0 radical (unpaired) electrons. The molecule has 0 aliphatic carbocycles. The van der Waals surface area contributed by atoms with Crippen LogP contribution < -0.4 is 5.73 Å². The second kappa shape index (κ2) is 8.18. The summed E-state index contributed by atoms with van der Waals surface area (Å²) >= 11 is 0. The average molecular weight is 256 g/mol. The first-order chi connectivity index (χ1) is 8.71. The molecule has 1 aromatic rings. The number of methoxy groups -OCH3 is 1. The third-order valence-electron chi connectivity index (χ3n) is 2.90. The summed E-state index contributed by atoms with van der Waals surface area (Å²) in [6, 6.07) is -0.190. The molecule has 18 heavy (non-hydrogen) atoms. The van der Waals surface area contributed by atoms with Crippen molar-refractivity contribution < 1.29 is 9.26 Å². The summed E-state index contributed by atoms with van der Waals surface area (Å²) in [4.78, 5) is 6.56. The molecule has 0 aliphatic heterocycles. The Morgan fingerprint density at radius 3 is 2.72 bits per heavy atom. The van der Waals surface area contributed by atoms with Crippen molar-refractivity contribution in [2.45, 2.75) is 32.7 Å². The highest BCUT2D eigenvalue weighted by molar-refractivity contribution is 4.94. The van der Waals surface area contributed by atoms with E-state index in [9.17, 15) is 0 Å². The van der Waals surface area contributed by atoms with Gasteiger partial charge in [-0.15, -0.1) is 0 Å². The van der Waals surface area contributed by atoms with Crippen molar-refractivity contribution in [1.82, 2.24) is 15.0 Å². The lowest BCUT2D eigenvalue weighted by molar-refractivity contribution is 0.192. The molecule has 1 unspecified atom stereocenters. The van der Waals surface area contributed by atoms with Crippen molar-refractivity contribution in [2.75, 3.05) is 33.4 Å². The van der Waals surface area contributed by atoms with E-state index < -0.39 is 0 Å². The highest BCUT2D eigenvalue weighted by Crippen LogP contribution is 2.09. The zero-order chi connectivity index (χ0) is 13.4. The van der Waals surface area contributed by atoms with Crippen LogP contribution in [0.4, 0.5) is 0 Å².